The van der Waals surface area contributed by atoms with E-state index in [9.17, 15) is 9.59 Å². The second-order valence-corrected chi connectivity index (χ2v) is 9.20. The van der Waals surface area contributed by atoms with Gasteiger partial charge in [0.1, 0.15) is 5.01 Å². The number of esters is 2. The molecule has 4 rings (SSSR count). The highest BCUT2D eigenvalue weighted by Gasteiger charge is 2.60. The van der Waals surface area contributed by atoms with Crippen LogP contribution in [0, 0.1) is 0 Å². The van der Waals surface area contributed by atoms with E-state index < -0.39 is 29.3 Å². The Bertz CT molecular complexity index is 1230. The Labute approximate surface area is 209 Å². The highest BCUT2D eigenvalue weighted by atomic mass is 32.1. The number of hydrogen-bond donors (Lipinski definition) is 1. The number of benzene rings is 1. The third-order valence-electron chi connectivity index (χ3n) is 6.32. The minimum Gasteiger partial charge on any atom is -0.465 e. The van der Waals surface area contributed by atoms with Crippen molar-refractivity contribution in [2.45, 2.75) is 45.1 Å². The summed E-state index contributed by atoms with van der Waals surface area (Å²) < 4.78 is 11.2. The Kier molecular flexibility index (Phi) is 7.31. The number of nitrogens with zero attached hydrogens (tertiary/aromatic N) is 2. The van der Waals surface area contributed by atoms with Crippen molar-refractivity contribution in [3.05, 3.63) is 82.1 Å². The lowest BCUT2D eigenvalue weighted by Crippen LogP contribution is -2.60. The first-order valence-corrected chi connectivity index (χ1v) is 12.6. The molecule has 0 bridgehead atoms. The summed E-state index contributed by atoms with van der Waals surface area (Å²) in [6.07, 6.45) is 3.44. The van der Waals surface area contributed by atoms with Crippen LogP contribution in [0.25, 0.3) is 11.3 Å². The summed E-state index contributed by atoms with van der Waals surface area (Å²) >= 11 is 1.38. The first-order chi connectivity index (χ1) is 16.9. The van der Waals surface area contributed by atoms with Gasteiger partial charge in [-0.2, -0.15) is 0 Å². The molecular weight excluding hydrogens is 462 g/mol. The molecule has 1 N–H and O–H groups in total. The third-order valence-corrected chi connectivity index (χ3v) is 7.31. The predicted molar refractivity (Wildman–Crippen MR) is 135 cm³/mol. The van der Waals surface area contributed by atoms with E-state index in [1.165, 1.54) is 11.3 Å². The summed E-state index contributed by atoms with van der Waals surface area (Å²) in [4.78, 5) is 36.5. The fourth-order valence-corrected chi connectivity index (χ4v) is 5.95. The van der Waals surface area contributed by atoms with E-state index in [1.54, 1.807) is 26.2 Å². The number of thiazole rings is 1. The lowest BCUT2D eigenvalue weighted by molar-refractivity contribution is -0.153. The average molecular weight is 492 g/mol. The minimum absolute atomic E-state index is 0.201. The molecule has 0 saturated carbocycles. The van der Waals surface area contributed by atoms with Crippen LogP contribution in [0.1, 0.15) is 44.2 Å². The lowest BCUT2D eigenvalue weighted by atomic mass is 9.62. The van der Waals surface area contributed by atoms with Gasteiger partial charge in [0.05, 0.1) is 24.5 Å². The first kappa shape index (κ1) is 24.6. The van der Waals surface area contributed by atoms with Crippen LogP contribution < -0.4 is 5.32 Å². The molecule has 0 spiro atoms. The molecule has 0 aliphatic carbocycles. The van der Waals surface area contributed by atoms with Crippen LogP contribution in [0.2, 0.25) is 0 Å². The van der Waals surface area contributed by atoms with Crippen molar-refractivity contribution < 1.29 is 19.1 Å². The van der Waals surface area contributed by atoms with Crippen LogP contribution in [0.4, 0.5) is 0 Å². The largest absolute Gasteiger partial charge is 0.465 e. The van der Waals surface area contributed by atoms with Gasteiger partial charge in [0.15, 0.2) is 5.41 Å². The second kappa shape index (κ2) is 10.4. The Balaban J connectivity index is 2.01. The zero-order chi connectivity index (χ0) is 25.0. The van der Waals surface area contributed by atoms with Crippen molar-refractivity contribution in [3.63, 3.8) is 0 Å². The number of pyridine rings is 1. The molecule has 3 aromatic rings. The van der Waals surface area contributed by atoms with Crippen molar-refractivity contribution >= 4 is 23.3 Å². The molecule has 1 aliphatic heterocycles. The van der Waals surface area contributed by atoms with E-state index in [2.05, 4.69) is 10.3 Å². The SMILES string of the molecule is CCOC(=O)C1=C(C)NC(C)C(C(=O)OCC)(c2nc(-c3cccnc3)cs2)C1c1ccccc1. The number of carbonyl (C=O) groups is 2. The van der Waals surface area contributed by atoms with Crippen LogP contribution in [0.5, 0.6) is 0 Å². The molecule has 7 nitrogen and oxygen atoms in total. The predicted octanol–water partition coefficient (Wildman–Crippen LogP) is 4.62. The van der Waals surface area contributed by atoms with Gasteiger partial charge in [0.2, 0.25) is 0 Å². The number of hydrogen-bond acceptors (Lipinski definition) is 8. The zero-order valence-corrected chi connectivity index (χ0v) is 21.1. The van der Waals surface area contributed by atoms with E-state index in [0.29, 0.717) is 22.0 Å². The fourth-order valence-electron chi connectivity index (χ4n) is 4.82. The quantitative estimate of drug-likeness (QED) is 0.482. The van der Waals surface area contributed by atoms with Crippen LogP contribution >= 0.6 is 11.3 Å². The highest BCUT2D eigenvalue weighted by molar-refractivity contribution is 7.10. The Morgan fingerprint density at radius 1 is 1.09 bits per heavy atom. The maximum absolute atomic E-state index is 14.0. The summed E-state index contributed by atoms with van der Waals surface area (Å²) in [5.74, 6) is -1.56. The van der Waals surface area contributed by atoms with Crippen molar-refractivity contribution in [2.24, 2.45) is 0 Å². The number of carbonyl (C=O) groups excluding carboxylic acids is 2. The lowest BCUT2D eigenvalue weighted by Gasteiger charge is -2.46. The molecule has 35 heavy (non-hydrogen) atoms. The van der Waals surface area contributed by atoms with Gasteiger partial charge in [-0.05, 0) is 45.4 Å². The monoisotopic (exact) mass is 491 g/mol. The molecule has 2 aromatic heterocycles. The number of nitrogens with one attached hydrogen (secondary N) is 1. The normalized spacial score (nSPS) is 21.8. The zero-order valence-electron chi connectivity index (χ0n) is 20.3. The average Bonchev–Trinajstić information content (AvgIpc) is 3.35. The fraction of sp³-hybridized carbons (Fsp3) is 0.333. The van der Waals surface area contributed by atoms with Gasteiger partial charge in [-0.1, -0.05) is 30.3 Å². The van der Waals surface area contributed by atoms with Crippen molar-refractivity contribution in [1.29, 1.82) is 0 Å². The summed E-state index contributed by atoms with van der Waals surface area (Å²) in [5, 5.41) is 5.86. The number of rotatable bonds is 7. The van der Waals surface area contributed by atoms with E-state index in [1.807, 2.05) is 61.7 Å². The van der Waals surface area contributed by atoms with Gasteiger partial charge in [-0.15, -0.1) is 11.3 Å². The van der Waals surface area contributed by atoms with E-state index >= 15 is 0 Å². The van der Waals surface area contributed by atoms with Gasteiger partial charge in [0.25, 0.3) is 0 Å². The second-order valence-electron chi connectivity index (χ2n) is 8.34. The summed E-state index contributed by atoms with van der Waals surface area (Å²) in [6.45, 7) is 7.75. The molecule has 1 aliphatic rings. The molecule has 0 amide bonds. The smallest absolute Gasteiger partial charge is 0.336 e. The number of allylic oxidation sites excluding steroid dienone is 1. The Morgan fingerprint density at radius 3 is 2.49 bits per heavy atom. The molecule has 0 radical (unpaired) electrons. The van der Waals surface area contributed by atoms with Crippen LogP contribution in [0.15, 0.2) is 71.5 Å². The Morgan fingerprint density at radius 2 is 1.83 bits per heavy atom. The van der Waals surface area contributed by atoms with Crippen molar-refractivity contribution in [2.75, 3.05) is 13.2 Å². The van der Waals surface area contributed by atoms with Gasteiger partial charge >= 0.3 is 11.9 Å². The highest BCUT2D eigenvalue weighted by Crippen LogP contribution is 2.51. The van der Waals surface area contributed by atoms with Crippen molar-refractivity contribution in [3.8, 4) is 11.3 Å². The van der Waals surface area contributed by atoms with Gasteiger partial charge in [-0.3, -0.25) is 9.78 Å². The molecule has 8 heteroatoms. The molecule has 3 unspecified atom stereocenters. The first-order valence-electron chi connectivity index (χ1n) is 11.7. The standard InChI is InChI=1S/C27H29N3O4S/c1-5-33-24(31)22-17(3)29-18(4)27(26(32)34-6-2,23(22)19-11-8-7-9-12-19)25-30-21(16-35-25)20-13-10-14-28-15-20/h7-16,18,23,29H,5-6H2,1-4H3. The van der Waals surface area contributed by atoms with Gasteiger partial charge in [0, 0.05) is 41.0 Å². The van der Waals surface area contributed by atoms with Crippen LogP contribution in [-0.4, -0.2) is 41.2 Å². The van der Waals surface area contributed by atoms with Crippen LogP contribution in [-0.2, 0) is 24.5 Å². The molecule has 3 heterocycles. The van der Waals surface area contributed by atoms with Gasteiger partial charge in [-0.25, -0.2) is 9.78 Å². The minimum atomic E-state index is -1.30. The van der Waals surface area contributed by atoms with Gasteiger partial charge < -0.3 is 14.8 Å². The van der Waals surface area contributed by atoms with Crippen LogP contribution in [0.3, 0.4) is 0 Å². The molecule has 182 valence electrons. The number of aromatic nitrogens is 2. The van der Waals surface area contributed by atoms with E-state index in [-0.39, 0.29) is 13.2 Å². The summed E-state index contributed by atoms with van der Waals surface area (Å²) in [7, 11) is 0. The molecule has 0 saturated heterocycles. The van der Waals surface area contributed by atoms with E-state index in [4.69, 9.17) is 14.5 Å². The third kappa shape index (κ3) is 4.34. The summed E-state index contributed by atoms with van der Waals surface area (Å²) in [6, 6.07) is 12.9. The Hall–Kier alpha value is -3.52. The number of ether oxygens (including phenoxy) is 2. The molecule has 1 aromatic carbocycles. The summed E-state index contributed by atoms with van der Waals surface area (Å²) in [5.41, 5.74) is 2.15. The maximum Gasteiger partial charge on any atom is 0.336 e. The molecule has 0 fully saturated rings. The molecule has 3 atom stereocenters. The van der Waals surface area contributed by atoms with E-state index in [0.717, 1.165) is 11.1 Å². The topological polar surface area (TPSA) is 90.4 Å². The van der Waals surface area contributed by atoms with Crippen molar-refractivity contribution in [1.82, 2.24) is 15.3 Å². The maximum atomic E-state index is 14.0. The molecular formula is C27H29N3O4S.